The predicted octanol–water partition coefficient (Wildman–Crippen LogP) is 3.24. The molecule has 2 aliphatic rings. The van der Waals surface area contributed by atoms with Crippen molar-refractivity contribution in [1.82, 2.24) is 15.5 Å². The van der Waals surface area contributed by atoms with Crippen LogP contribution in [0.2, 0.25) is 6.32 Å². The maximum absolute atomic E-state index is 13.3. The van der Waals surface area contributed by atoms with Gasteiger partial charge in [-0.3, -0.25) is 9.59 Å². The number of amides is 2. The molecule has 1 aliphatic heterocycles. The van der Waals surface area contributed by atoms with Crippen molar-refractivity contribution in [2.24, 2.45) is 11.8 Å². The molecule has 8 heteroatoms. The van der Waals surface area contributed by atoms with E-state index in [9.17, 15) is 9.59 Å². The highest BCUT2D eigenvalue weighted by Crippen LogP contribution is 2.42. The van der Waals surface area contributed by atoms with Crippen molar-refractivity contribution >= 4 is 18.9 Å². The first-order valence-corrected chi connectivity index (χ1v) is 12.4. The summed E-state index contributed by atoms with van der Waals surface area (Å²) in [5.41, 5.74) is -1.52. The Balaban J connectivity index is 2.15. The van der Waals surface area contributed by atoms with Crippen molar-refractivity contribution in [3.63, 3.8) is 0 Å². The number of nitrogens with zero attached hydrogens (tertiary/aromatic N) is 1. The molecule has 1 saturated heterocycles. The fourth-order valence-corrected chi connectivity index (χ4v) is 5.27. The van der Waals surface area contributed by atoms with Gasteiger partial charge in [-0.2, -0.15) is 0 Å². The molecule has 1 heterocycles. The van der Waals surface area contributed by atoms with Crippen molar-refractivity contribution in [2.45, 2.75) is 103 Å². The van der Waals surface area contributed by atoms with Gasteiger partial charge in [0.25, 0.3) is 0 Å². The predicted molar refractivity (Wildman–Crippen MR) is 129 cm³/mol. The summed E-state index contributed by atoms with van der Waals surface area (Å²) in [5, 5.41) is 6.17. The number of nitrogens with one attached hydrogen (secondary N) is 2. The standard InChI is InChI=1S/C24H46BN3O4/c1-9-10-13-26-21(30)24(27-18(2)29)15-19(14-20(16-24)17-28(7)8)11-12-25-31-22(3,4)23(5,6)32-25/h19-20H,9-17H2,1-8H3,(H,26,30)(H,27,29)/t19-,20-,24?/m1/s1. The molecule has 0 radical (unpaired) electrons. The molecule has 32 heavy (non-hydrogen) atoms. The van der Waals surface area contributed by atoms with Crippen LogP contribution >= 0.6 is 0 Å². The second-order valence-electron chi connectivity index (χ2n) is 11.3. The third-order valence-corrected chi connectivity index (χ3v) is 7.34. The van der Waals surface area contributed by atoms with Crippen LogP contribution in [0.1, 0.15) is 80.1 Å². The van der Waals surface area contributed by atoms with E-state index < -0.39 is 5.54 Å². The van der Waals surface area contributed by atoms with Crippen LogP contribution < -0.4 is 10.6 Å². The highest BCUT2D eigenvalue weighted by atomic mass is 16.7. The number of hydrogen-bond donors (Lipinski definition) is 2. The van der Waals surface area contributed by atoms with Crippen molar-refractivity contribution in [2.75, 3.05) is 27.2 Å². The van der Waals surface area contributed by atoms with E-state index in [-0.39, 0.29) is 30.1 Å². The summed E-state index contributed by atoms with van der Waals surface area (Å²) in [4.78, 5) is 27.7. The lowest BCUT2D eigenvalue weighted by atomic mass is 9.66. The molecule has 0 bridgehead atoms. The van der Waals surface area contributed by atoms with E-state index in [1.165, 1.54) is 6.92 Å². The van der Waals surface area contributed by atoms with Crippen LogP contribution in [0.5, 0.6) is 0 Å². The molecule has 2 N–H and O–H groups in total. The third kappa shape index (κ3) is 6.94. The van der Waals surface area contributed by atoms with Crippen LogP contribution in [0, 0.1) is 11.8 Å². The lowest BCUT2D eigenvalue weighted by Crippen LogP contribution is -2.62. The zero-order valence-electron chi connectivity index (χ0n) is 21.7. The lowest BCUT2D eigenvalue weighted by molar-refractivity contribution is -0.136. The Kier molecular flexibility index (Phi) is 9.22. The molecule has 1 saturated carbocycles. The first-order chi connectivity index (χ1) is 14.8. The number of carbonyl (C=O) groups is 2. The summed E-state index contributed by atoms with van der Waals surface area (Å²) in [6.07, 6.45) is 6.04. The van der Waals surface area contributed by atoms with Gasteiger partial charge >= 0.3 is 7.12 Å². The molecule has 0 aromatic heterocycles. The van der Waals surface area contributed by atoms with Gasteiger partial charge in [0.05, 0.1) is 11.2 Å². The minimum atomic E-state index is -0.848. The molecule has 2 fully saturated rings. The molecule has 7 nitrogen and oxygen atoms in total. The van der Waals surface area contributed by atoms with Crippen molar-refractivity contribution in [1.29, 1.82) is 0 Å². The smallest absolute Gasteiger partial charge is 0.403 e. The molecular formula is C24H46BN3O4. The SMILES string of the molecule is CCCCNC(=O)C1(NC(C)=O)C[C@H](CCB2OC(C)(C)C(C)(C)O2)C[C@@H](CN(C)C)C1. The van der Waals surface area contributed by atoms with Crippen LogP contribution in [0.25, 0.3) is 0 Å². The zero-order valence-corrected chi connectivity index (χ0v) is 21.7. The van der Waals surface area contributed by atoms with Crippen molar-refractivity contribution in [3.05, 3.63) is 0 Å². The van der Waals surface area contributed by atoms with Crippen molar-refractivity contribution in [3.8, 4) is 0 Å². The molecular weight excluding hydrogens is 405 g/mol. The number of unbranched alkanes of at least 4 members (excludes halogenated alkanes) is 1. The van der Waals surface area contributed by atoms with E-state index in [2.05, 4.69) is 64.2 Å². The maximum Gasteiger partial charge on any atom is 0.457 e. The molecule has 2 rings (SSSR count). The van der Waals surface area contributed by atoms with E-state index in [0.29, 0.717) is 31.2 Å². The first kappa shape index (κ1) is 27.1. The summed E-state index contributed by atoms with van der Waals surface area (Å²) in [5.74, 6) is 0.471. The normalized spacial score (nSPS) is 29.2. The monoisotopic (exact) mass is 451 g/mol. The molecule has 0 spiro atoms. The van der Waals surface area contributed by atoms with Crippen LogP contribution in [0.4, 0.5) is 0 Å². The van der Waals surface area contributed by atoms with E-state index >= 15 is 0 Å². The fourth-order valence-electron chi connectivity index (χ4n) is 5.27. The average molecular weight is 451 g/mol. The van der Waals surface area contributed by atoms with E-state index in [4.69, 9.17) is 9.31 Å². The van der Waals surface area contributed by atoms with Gasteiger partial charge < -0.3 is 24.8 Å². The van der Waals surface area contributed by atoms with E-state index in [1.54, 1.807) is 0 Å². The Morgan fingerprint density at radius 1 is 1.06 bits per heavy atom. The Morgan fingerprint density at radius 3 is 2.19 bits per heavy atom. The Bertz CT molecular complexity index is 639. The van der Waals surface area contributed by atoms with E-state index in [0.717, 1.165) is 38.5 Å². The highest BCUT2D eigenvalue weighted by molar-refractivity contribution is 6.45. The molecule has 2 amide bonds. The van der Waals surface area contributed by atoms with Crippen LogP contribution in [0.3, 0.4) is 0 Å². The second-order valence-corrected chi connectivity index (χ2v) is 11.3. The number of carbonyl (C=O) groups excluding carboxylic acids is 2. The summed E-state index contributed by atoms with van der Waals surface area (Å²) >= 11 is 0. The summed E-state index contributed by atoms with van der Waals surface area (Å²) in [6.45, 7) is 13.5. The lowest BCUT2D eigenvalue weighted by Gasteiger charge is -2.44. The molecule has 0 aromatic rings. The number of hydrogen-bond acceptors (Lipinski definition) is 5. The van der Waals surface area contributed by atoms with Crippen LogP contribution in [-0.4, -0.2) is 67.8 Å². The molecule has 184 valence electrons. The number of rotatable bonds is 10. The van der Waals surface area contributed by atoms with Gasteiger partial charge in [0.15, 0.2) is 0 Å². The maximum atomic E-state index is 13.3. The zero-order chi connectivity index (χ0) is 24.2. The average Bonchev–Trinajstić information content (AvgIpc) is 2.85. The largest absolute Gasteiger partial charge is 0.457 e. The van der Waals surface area contributed by atoms with Gasteiger partial charge in [0.2, 0.25) is 11.8 Å². The molecule has 0 aromatic carbocycles. The summed E-state index contributed by atoms with van der Waals surface area (Å²) < 4.78 is 12.4. The first-order valence-electron chi connectivity index (χ1n) is 12.4. The molecule has 1 unspecified atom stereocenters. The van der Waals surface area contributed by atoms with Gasteiger partial charge in [-0.05, 0) is 85.6 Å². The minimum Gasteiger partial charge on any atom is -0.403 e. The second kappa shape index (κ2) is 10.9. The van der Waals surface area contributed by atoms with Gasteiger partial charge in [-0.15, -0.1) is 0 Å². The molecule has 3 atom stereocenters. The quantitative estimate of drug-likeness (QED) is 0.394. The summed E-state index contributed by atoms with van der Waals surface area (Å²) in [6, 6.07) is 0. The Hall–Kier alpha value is -1.12. The van der Waals surface area contributed by atoms with Gasteiger partial charge in [-0.1, -0.05) is 19.8 Å². The summed E-state index contributed by atoms with van der Waals surface area (Å²) in [7, 11) is 3.90. The Morgan fingerprint density at radius 2 is 1.66 bits per heavy atom. The third-order valence-electron chi connectivity index (χ3n) is 7.34. The van der Waals surface area contributed by atoms with E-state index in [1.807, 2.05) is 0 Å². The van der Waals surface area contributed by atoms with Crippen molar-refractivity contribution < 1.29 is 18.9 Å². The highest BCUT2D eigenvalue weighted by Gasteiger charge is 2.51. The van der Waals surface area contributed by atoms with Crippen LogP contribution in [-0.2, 0) is 18.9 Å². The fraction of sp³-hybridized carbons (Fsp3) is 0.917. The van der Waals surface area contributed by atoms with Gasteiger partial charge in [-0.25, -0.2) is 0 Å². The van der Waals surface area contributed by atoms with Gasteiger partial charge in [0.1, 0.15) is 5.54 Å². The minimum absolute atomic E-state index is 0.0368. The molecule has 1 aliphatic carbocycles. The van der Waals surface area contributed by atoms with Crippen LogP contribution in [0.15, 0.2) is 0 Å². The topological polar surface area (TPSA) is 79.9 Å². The van der Waals surface area contributed by atoms with Gasteiger partial charge in [0, 0.05) is 20.0 Å². The Labute approximate surface area is 195 Å².